The molecule has 0 spiro atoms. The van der Waals surface area contributed by atoms with Gasteiger partial charge < -0.3 is 14.8 Å². The van der Waals surface area contributed by atoms with E-state index in [4.69, 9.17) is 9.47 Å². The highest BCUT2D eigenvalue weighted by atomic mass is 16.5. The van der Waals surface area contributed by atoms with Crippen molar-refractivity contribution < 1.29 is 9.47 Å². The van der Waals surface area contributed by atoms with E-state index in [1.54, 1.807) is 14.2 Å². The fraction of sp³-hybridized carbons (Fsp3) is 0.250. The van der Waals surface area contributed by atoms with Crippen LogP contribution in [0.1, 0.15) is 17.2 Å². The molecule has 2 aromatic carbocycles. The molecular formula is C16H17NO2. The Balaban J connectivity index is 1.95. The number of hydrogen-bond donors (Lipinski definition) is 1. The molecular weight excluding hydrogens is 238 g/mol. The number of para-hydroxylation sites is 2. The number of methoxy groups -OCH3 is 2. The lowest BCUT2D eigenvalue weighted by molar-refractivity contribution is 0.407. The van der Waals surface area contributed by atoms with E-state index in [2.05, 4.69) is 17.4 Å². The zero-order valence-corrected chi connectivity index (χ0v) is 11.1. The quantitative estimate of drug-likeness (QED) is 0.911. The van der Waals surface area contributed by atoms with Gasteiger partial charge in [-0.15, -0.1) is 0 Å². The predicted octanol–water partition coefficient (Wildman–Crippen LogP) is 3.41. The molecule has 0 saturated heterocycles. The number of ether oxygens (including phenoxy) is 2. The minimum absolute atomic E-state index is 0.238. The second-order valence-corrected chi connectivity index (χ2v) is 4.64. The minimum Gasteiger partial charge on any atom is -0.496 e. The Bertz CT molecular complexity index is 595. The average Bonchev–Trinajstić information content (AvgIpc) is 2.90. The van der Waals surface area contributed by atoms with Gasteiger partial charge in [0.15, 0.2) is 0 Å². The number of nitrogens with one attached hydrogen (secondary N) is 1. The summed E-state index contributed by atoms with van der Waals surface area (Å²) in [7, 11) is 3.41. The molecule has 1 N–H and O–H groups in total. The van der Waals surface area contributed by atoms with Crippen molar-refractivity contribution in [3.8, 4) is 11.5 Å². The number of hydrogen-bond acceptors (Lipinski definition) is 3. The van der Waals surface area contributed by atoms with Crippen molar-refractivity contribution >= 4 is 5.69 Å². The van der Waals surface area contributed by atoms with Crippen molar-refractivity contribution in [1.29, 1.82) is 0 Å². The number of benzene rings is 2. The van der Waals surface area contributed by atoms with Crippen LogP contribution in [0.25, 0.3) is 0 Å². The molecule has 98 valence electrons. The van der Waals surface area contributed by atoms with Crippen LogP contribution in [0.3, 0.4) is 0 Å². The topological polar surface area (TPSA) is 30.5 Å². The normalized spacial score (nSPS) is 16.6. The van der Waals surface area contributed by atoms with Gasteiger partial charge in [-0.3, -0.25) is 0 Å². The first-order valence-electron chi connectivity index (χ1n) is 6.39. The fourth-order valence-corrected chi connectivity index (χ4v) is 2.67. The maximum Gasteiger partial charge on any atom is 0.142 e. The second-order valence-electron chi connectivity index (χ2n) is 4.64. The van der Waals surface area contributed by atoms with Crippen LogP contribution >= 0.6 is 0 Å². The van der Waals surface area contributed by atoms with Gasteiger partial charge in [0, 0.05) is 5.56 Å². The highest BCUT2D eigenvalue weighted by Crippen LogP contribution is 2.42. The van der Waals surface area contributed by atoms with Crippen molar-refractivity contribution in [2.45, 2.75) is 12.5 Å². The molecule has 3 nitrogen and oxygen atoms in total. The Morgan fingerprint density at radius 3 is 2.47 bits per heavy atom. The average molecular weight is 255 g/mol. The molecule has 0 amide bonds. The molecule has 0 aliphatic carbocycles. The van der Waals surface area contributed by atoms with E-state index >= 15 is 0 Å². The molecule has 1 aliphatic rings. The van der Waals surface area contributed by atoms with E-state index in [9.17, 15) is 0 Å². The van der Waals surface area contributed by atoms with Crippen LogP contribution in [0.15, 0.2) is 42.5 Å². The summed E-state index contributed by atoms with van der Waals surface area (Å²) >= 11 is 0. The van der Waals surface area contributed by atoms with Crippen LogP contribution < -0.4 is 14.8 Å². The Hall–Kier alpha value is -2.16. The van der Waals surface area contributed by atoms with E-state index in [0.717, 1.165) is 23.6 Å². The van der Waals surface area contributed by atoms with Crippen LogP contribution in [-0.2, 0) is 6.42 Å². The Morgan fingerprint density at radius 2 is 1.68 bits per heavy atom. The van der Waals surface area contributed by atoms with Crippen LogP contribution in [0.2, 0.25) is 0 Å². The summed E-state index contributed by atoms with van der Waals surface area (Å²) in [6.07, 6.45) is 0.951. The summed E-state index contributed by atoms with van der Waals surface area (Å²) in [5.41, 5.74) is 3.57. The smallest absolute Gasteiger partial charge is 0.142 e. The third-order valence-electron chi connectivity index (χ3n) is 3.59. The van der Waals surface area contributed by atoms with Gasteiger partial charge in [0.2, 0.25) is 0 Å². The molecule has 0 fully saturated rings. The Morgan fingerprint density at radius 1 is 0.947 bits per heavy atom. The minimum atomic E-state index is 0.238. The molecule has 0 radical (unpaired) electrons. The van der Waals surface area contributed by atoms with Crippen LogP contribution in [0, 0.1) is 0 Å². The first-order valence-corrected chi connectivity index (χ1v) is 6.39. The molecule has 1 atom stereocenters. The monoisotopic (exact) mass is 255 g/mol. The van der Waals surface area contributed by atoms with Crippen LogP contribution in [-0.4, -0.2) is 14.2 Å². The number of rotatable bonds is 3. The highest BCUT2D eigenvalue weighted by Gasteiger charge is 2.26. The van der Waals surface area contributed by atoms with E-state index in [1.165, 1.54) is 11.1 Å². The third kappa shape index (κ3) is 2.01. The van der Waals surface area contributed by atoms with Gasteiger partial charge in [0.1, 0.15) is 11.5 Å². The zero-order chi connectivity index (χ0) is 13.2. The van der Waals surface area contributed by atoms with Crippen LogP contribution in [0.5, 0.6) is 11.5 Å². The molecule has 0 bridgehead atoms. The van der Waals surface area contributed by atoms with E-state index in [0.29, 0.717) is 0 Å². The first kappa shape index (κ1) is 11.9. The first-order chi connectivity index (χ1) is 9.33. The molecule has 1 unspecified atom stereocenters. The van der Waals surface area contributed by atoms with Crippen molar-refractivity contribution in [2.75, 3.05) is 19.5 Å². The summed E-state index contributed by atoms with van der Waals surface area (Å²) in [5.74, 6) is 1.82. The number of fused-ring (bicyclic) bond motifs is 1. The maximum absolute atomic E-state index is 5.44. The zero-order valence-electron chi connectivity index (χ0n) is 11.1. The summed E-state index contributed by atoms with van der Waals surface area (Å²) in [4.78, 5) is 0. The lowest BCUT2D eigenvalue weighted by Crippen LogP contribution is -2.07. The van der Waals surface area contributed by atoms with Gasteiger partial charge in [0.05, 0.1) is 25.9 Å². The van der Waals surface area contributed by atoms with Gasteiger partial charge in [-0.05, 0) is 24.1 Å². The van der Waals surface area contributed by atoms with E-state index in [-0.39, 0.29) is 6.04 Å². The standard InChI is InChI=1S/C16H17NO2/c1-18-14-8-4-3-7-12(14)13-10-11-6-5-9-15(19-2)16(11)17-13/h3-9,13,17H,10H2,1-2H3. The van der Waals surface area contributed by atoms with Gasteiger partial charge >= 0.3 is 0 Å². The Labute approximate surface area is 113 Å². The SMILES string of the molecule is COc1ccccc1C1Cc2cccc(OC)c2N1. The summed E-state index contributed by atoms with van der Waals surface area (Å²) in [6.45, 7) is 0. The molecule has 1 aliphatic heterocycles. The van der Waals surface area contributed by atoms with E-state index in [1.807, 2.05) is 30.3 Å². The van der Waals surface area contributed by atoms with Gasteiger partial charge in [-0.1, -0.05) is 30.3 Å². The lowest BCUT2D eigenvalue weighted by Gasteiger charge is -2.16. The molecule has 1 heterocycles. The summed E-state index contributed by atoms with van der Waals surface area (Å²) < 4.78 is 10.8. The van der Waals surface area contributed by atoms with Crippen molar-refractivity contribution in [3.05, 3.63) is 53.6 Å². The predicted molar refractivity (Wildman–Crippen MR) is 76.1 cm³/mol. The molecule has 2 aromatic rings. The van der Waals surface area contributed by atoms with Crippen LogP contribution in [0.4, 0.5) is 5.69 Å². The number of anilines is 1. The second kappa shape index (κ2) is 4.84. The van der Waals surface area contributed by atoms with Gasteiger partial charge in [-0.2, -0.15) is 0 Å². The largest absolute Gasteiger partial charge is 0.496 e. The third-order valence-corrected chi connectivity index (χ3v) is 3.59. The highest BCUT2D eigenvalue weighted by molar-refractivity contribution is 5.67. The fourth-order valence-electron chi connectivity index (χ4n) is 2.67. The lowest BCUT2D eigenvalue weighted by atomic mass is 10.0. The molecule has 19 heavy (non-hydrogen) atoms. The van der Waals surface area contributed by atoms with Crippen molar-refractivity contribution in [1.82, 2.24) is 0 Å². The Kier molecular flexibility index (Phi) is 3.03. The molecule has 3 heteroatoms. The molecule has 3 rings (SSSR count). The van der Waals surface area contributed by atoms with Gasteiger partial charge in [0.25, 0.3) is 0 Å². The van der Waals surface area contributed by atoms with Crippen molar-refractivity contribution in [3.63, 3.8) is 0 Å². The molecule has 0 saturated carbocycles. The summed E-state index contributed by atoms with van der Waals surface area (Å²) in [6, 6.07) is 14.5. The van der Waals surface area contributed by atoms with Gasteiger partial charge in [-0.25, -0.2) is 0 Å². The van der Waals surface area contributed by atoms with Crippen molar-refractivity contribution in [2.24, 2.45) is 0 Å². The molecule has 0 aromatic heterocycles. The van der Waals surface area contributed by atoms with E-state index < -0.39 is 0 Å². The summed E-state index contributed by atoms with van der Waals surface area (Å²) in [5, 5.41) is 3.54. The maximum atomic E-state index is 5.44.